The predicted molar refractivity (Wildman–Crippen MR) is 413 cm³/mol. The summed E-state index contributed by atoms with van der Waals surface area (Å²) in [5, 5.41) is 13.0. The first-order valence-electron chi connectivity index (χ1n) is 38.4. The van der Waals surface area contributed by atoms with Crippen molar-refractivity contribution in [2.24, 2.45) is 52.5 Å². The quantitative estimate of drug-likeness (QED) is 0.0122. The lowest BCUT2D eigenvalue weighted by Crippen LogP contribution is -2.54. The summed E-state index contributed by atoms with van der Waals surface area (Å²) in [4.78, 5) is 164. The van der Waals surface area contributed by atoms with Gasteiger partial charge in [0.2, 0.25) is 35.4 Å². The average molecular weight is 1490 g/mol. The maximum absolute atomic E-state index is 15.0. The Bertz CT molecular complexity index is 3590. The highest BCUT2D eigenvalue weighted by Gasteiger charge is 2.45. The van der Waals surface area contributed by atoms with Crippen molar-refractivity contribution in [1.82, 2.24) is 35.6 Å². The molecule has 2 heterocycles. The minimum Gasteiger partial charge on any atom is -0.469 e. The van der Waals surface area contributed by atoms with Crippen LogP contribution in [0.15, 0.2) is 120 Å². The van der Waals surface area contributed by atoms with E-state index in [2.05, 4.69) is 26.0 Å². The van der Waals surface area contributed by atoms with Crippen molar-refractivity contribution < 1.29 is 67.0 Å². The van der Waals surface area contributed by atoms with E-state index in [1.807, 2.05) is 152 Å². The Morgan fingerprint density at radius 3 is 1.71 bits per heavy atom. The molecule has 588 valence electrons. The topological polar surface area (TPSA) is 313 Å². The Morgan fingerprint density at radius 1 is 0.630 bits per heavy atom. The highest BCUT2D eigenvalue weighted by atomic mass is 16.5. The van der Waals surface area contributed by atoms with E-state index in [1.54, 1.807) is 67.0 Å². The van der Waals surface area contributed by atoms with Gasteiger partial charge in [-0.15, -0.1) is 0 Å². The van der Waals surface area contributed by atoms with Crippen molar-refractivity contribution in [2.75, 3.05) is 68.7 Å². The number of ketones is 4. The maximum Gasteiger partial charge on any atom is 0.308 e. The average Bonchev–Trinajstić information content (AvgIpc) is 0.891. The predicted octanol–water partition coefficient (Wildman–Crippen LogP) is 10.2. The van der Waals surface area contributed by atoms with Gasteiger partial charge < -0.3 is 44.9 Å². The van der Waals surface area contributed by atoms with Gasteiger partial charge in [-0.2, -0.15) is 0 Å². The van der Waals surface area contributed by atoms with E-state index in [-0.39, 0.29) is 116 Å². The first-order chi connectivity index (χ1) is 51.4. The van der Waals surface area contributed by atoms with Crippen LogP contribution >= 0.6 is 0 Å². The number of amides is 6. The molecule has 0 bridgehead atoms. The van der Waals surface area contributed by atoms with Crippen LogP contribution in [-0.2, 0) is 85.3 Å². The van der Waals surface area contributed by atoms with E-state index in [0.29, 0.717) is 62.9 Å². The van der Waals surface area contributed by atoms with Gasteiger partial charge in [-0.3, -0.25) is 57.6 Å². The molecule has 0 aromatic heterocycles. The monoisotopic (exact) mass is 1490 g/mol. The molecule has 2 aliphatic rings. The lowest BCUT2D eigenvalue weighted by Gasteiger charge is -2.41. The fourth-order valence-corrected chi connectivity index (χ4v) is 15.7. The number of azide groups is 1. The van der Waals surface area contributed by atoms with Gasteiger partial charge in [0.1, 0.15) is 17.1 Å². The number of nitrogens with zero attached hydrogens (tertiary/aromatic N) is 7. The summed E-state index contributed by atoms with van der Waals surface area (Å²) in [6, 6.07) is 32.2. The molecule has 2 aliphatic heterocycles. The number of likely N-dealkylation sites (N-methyl/N-ethyl adjacent to an activating group) is 2. The van der Waals surface area contributed by atoms with Gasteiger partial charge in [0.15, 0.2) is 11.6 Å². The van der Waals surface area contributed by atoms with Crippen molar-refractivity contribution in [3.8, 4) is 0 Å². The van der Waals surface area contributed by atoms with Crippen molar-refractivity contribution in [1.29, 1.82) is 0 Å². The van der Waals surface area contributed by atoms with Crippen LogP contribution in [0.3, 0.4) is 0 Å². The molecular weight excluding hydrogens is 1370 g/mol. The highest BCUT2D eigenvalue weighted by molar-refractivity contribution is 5.97. The third-order valence-corrected chi connectivity index (χ3v) is 22.0. The molecular formula is C84H118N10O14. The third kappa shape index (κ3) is 24.0. The molecule has 4 aromatic rings. The summed E-state index contributed by atoms with van der Waals surface area (Å²) in [5.74, 6) is -7.63. The van der Waals surface area contributed by atoms with E-state index in [0.717, 1.165) is 16.7 Å². The molecule has 24 nitrogen and oxygen atoms in total. The molecule has 0 aliphatic carbocycles. The van der Waals surface area contributed by atoms with Gasteiger partial charge in [-0.1, -0.05) is 182 Å². The molecule has 12 atom stereocenters. The number of benzene rings is 4. The largest absolute Gasteiger partial charge is 0.469 e. The summed E-state index contributed by atoms with van der Waals surface area (Å²) >= 11 is 0. The molecule has 6 amide bonds. The standard InChI is InChI=1S/C84H118N10O14/c1-16-55(6)78(92(12)82(104)68(53(2)3)50-72(98)77(54(4)5)91(10)11)73(106-13)51-76(101)94-42-26-33-69(94)79(107-14)57(8)81(103)88-66(52-86-90-85)46-59-34-36-60(37-35-59)47-71(97)62(49-74(99)89-84(63-27-20-17-21-28-63,64-29-22-18-23-30-64)65-31-24-19-25-32-65)48-70(96)58(9)87-80(102)56(7)45-67(95)38-39-75(100)93-43-40-61(41-44-93)83(105)108-15/h17-25,27-32,34-37,53-58,61-62,66,68-69,73,77-79H,16,26,33,38-52H2,1-15H3,(H,87,102)(H,88,103)(H,89,99)/t55-,56+,57+,58-,62-,66-,68-,69-,73+,77-,78-,79+/m0/s1. The van der Waals surface area contributed by atoms with Gasteiger partial charge in [0.25, 0.3) is 0 Å². The number of methoxy groups -OCH3 is 3. The number of hydrogen-bond donors (Lipinski definition) is 3. The van der Waals surface area contributed by atoms with Crippen molar-refractivity contribution in [3.63, 3.8) is 0 Å². The van der Waals surface area contributed by atoms with E-state index in [9.17, 15) is 53.5 Å². The fourth-order valence-electron chi connectivity index (χ4n) is 15.7. The highest BCUT2D eigenvalue weighted by Crippen LogP contribution is 2.38. The number of ether oxygens (including phenoxy) is 3. The van der Waals surface area contributed by atoms with E-state index in [4.69, 9.17) is 14.2 Å². The summed E-state index contributed by atoms with van der Waals surface area (Å²) in [5.41, 5.74) is 11.8. The number of nitrogens with one attached hydrogen (secondary N) is 3. The van der Waals surface area contributed by atoms with Crippen LogP contribution in [0, 0.1) is 47.3 Å². The van der Waals surface area contributed by atoms with E-state index < -0.39 is 108 Å². The lowest BCUT2D eigenvalue weighted by atomic mass is 9.76. The number of likely N-dealkylation sites (tertiary alicyclic amines) is 2. The zero-order valence-corrected chi connectivity index (χ0v) is 66.2. The minimum absolute atomic E-state index is 0.00116. The second-order valence-corrected chi connectivity index (χ2v) is 30.6. The Hall–Kier alpha value is -8.96. The van der Waals surface area contributed by atoms with Crippen LogP contribution in [-0.4, -0.2) is 195 Å². The Balaban J connectivity index is 1.16. The molecule has 0 radical (unpaired) electrons. The third-order valence-electron chi connectivity index (χ3n) is 22.0. The summed E-state index contributed by atoms with van der Waals surface area (Å²) in [7, 11) is 9.86. The SMILES string of the molecule is CC[C@H](C)[C@@H]([C@@H](CC(=O)N1CCC[C@H]1[C@H](OC)[C@@H](C)C(=O)N[C@H](CN=[N+]=[N-])Cc1ccc(CC(=O)[C@H](CC(=O)NC(c2ccccc2)(c2ccccc2)c2ccccc2)CC(=O)[C@H](C)NC(=O)[C@H](C)CC(=O)CCC(=O)N2CCC(C(=O)OC)CC2)cc1)OC)N(C)C(=O)[C@@H](CC(=O)[C@H](C(C)C)N(C)C)C(C)C. The van der Waals surface area contributed by atoms with Crippen LogP contribution in [0.1, 0.15) is 167 Å². The number of carbonyl (C=O) groups is 11. The van der Waals surface area contributed by atoms with Gasteiger partial charge in [-0.25, -0.2) is 0 Å². The molecule has 4 aromatic carbocycles. The second-order valence-electron chi connectivity index (χ2n) is 30.6. The van der Waals surface area contributed by atoms with Gasteiger partial charge in [0, 0.05) is 121 Å². The van der Waals surface area contributed by atoms with Crippen molar-refractivity contribution in [3.05, 3.63) is 154 Å². The molecule has 2 fully saturated rings. The maximum atomic E-state index is 15.0. The van der Waals surface area contributed by atoms with Gasteiger partial charge in [-0.05, 0) is 104 Å². The molecule has 108 heavy (non-hydrogen) atoms. The zero-order chi connectivity index (χ0) is 79.5. The van der Waals surface area contributed by atoms with Gasteiger partial charge >= 0.3 is 5.97 Å². The molecule has 3 N–H and O–H groups in total. The molecule has 0 saturated carbocycles. The molecule has 2 saturated heterocycles. The van der Waals surface area contributed by atoms with Crippen molar-refractivity contribution >= 4 is 64.5 Å². The van der Waals surface area contributed by atoms with E-state index in [1.165, 1.54) is 21.1 Å². The van der Waals surface area contributed by atoms with Gasteiger partial charge in [0.05, 0.1) is 61.7 Å². The zero-order valence-electron chi connectivity index (χ0n) is 66.2. The number of Topliss-reactive ketones (excluding diaryl/α,β-unsaturated/α-hetero) is 4. The number of hydrogen-bond acceptors (Lipinski definition) is 16. The van der Waals surface area contributed by atoms with Crippen LogP contribution < -0.4 is 16.0 Å². The number of rotatable bonds is 43. The van der Waals surface area contributed by atoms with Crippen LogP contribution in [0.4, 0.5) is 0 Å². The first kappa shape index (κ1) is 87.9. The smallest absolute Gasteiger partial charge is 0.308 e. The van der Waals surface area contributed by atoms with E-state index >= 15 is 4.79 Å². The fraction of sp³-hybridized carbons (Fsp3) is 0.583. The second kappa shape index (κ2) is 42.7. The Labute approximate surface area is 638 Å². The molecule has 24 heteroatoms. The van der Waals surface area contributed by atoms with Crippen molar-refractivity contribution in [2.45, 2.75) is 200 Å². The Morgan fingerprint density at radius 2 is 1.20 bits per heavy atom. The summed E-state index contributed by atoms with van der Waals surface area (Å²) in [6.45, 7) is 17.7. The summed E-state index contributed by atoms with van der Waals surface area (Å²) < 4.78 is 17.1. The molecule has 6 rings (SSSR count). The van der Waals surface area contributed by atoms with Crippen LogP contribution in [0.5, 0.6) is 0 Å². The number of carbonyl (C=O) groups excluding carboxylic acids is 11. The number of piperidine rings is 1. The molecule has 0 spiro atoms. The molecule has 0 unspecified atom stereocenters. The summed E-state index contributed by atoms with van der Waals surface area (Å²) in [6.07, 6.45) is 0.202. The number of esters is 1. The first-order valence-corrected chi connectivity index (χ1v) is 38.4. The minimum atomic E-state index is -1.25. The Kier molecular flexibility index (Phi) is 34.8. The lowest BCUT2D eigenvalue weighted by molar-refractivity contribution is -0.149. The van der Waals surface area contributed by atoms with Crippen LogP contribution in [0.25, 0.3) is 10.4 Å². The van der Waals surface area contributed by atoms with Crippen LogP contribution in [0.2, 0.25) is 0 Å². The normalized spacial score (nSPS) is 17.1.